The molecule has 0 atom stereocenters. The van der Waals surface area contributed by atoms with Gasteiger partial charge < -0.3 is 9.80 Å². The molecular weight excluding hydrogens is 748 g/mol. The van der Waals surface area contributed by atoms with Crippen LogP contribution in [0, 0.1) is 0 Å². The van der Waals surface area contributed by atoms with E-state index in [1.807, 2.05) is 11.8 Å². The zero-order valence-corrected chi connectivity index (χ0v) is 34.1. The number of hydrogen-bond acceptors (Lipinski definition) is 3. The van der Waals surface area contributed by atoms with E-state index in [4.69, 9.17) is 0 Å². The van der Waals surface area contributed by atoms with Gasteiger partial charge in [-0.05, 0) is 91.3 Å². The largest absolute Gasteiger partial charge is 0.310 e. The fourth-order valence-corrected chi connectivity index (χ4v) is 16.7. The van der Waals surface area contributed by atoms with Crippen LogP contribution < -0.4 is 46.9 Å². The van der Waals surface area contributed by atoms with Crippen LogP contribution in [-0.2, 0) is 0 Å². The lowest BCUT2D eigenvalue weighted by Crippen LogP contribution is -2.87. The highest BCUT2D eigenvalue weighted by molar-refractivity contribution is 8.00. The minimum atomic E-state index is -2.98. The monoisotopic (exact) mass is 784 g/mol. The lowest BCUT2D eigenvalue weighted by Gasteiger charge is -2.49. The summed E-state index contributed by atoms with van der Waals surface area (Å²) in [5.41, 5.74) is 13.9. The van der Waals surface area contributed by atoms with Crippen molar-refractivity contribution in [1.82, 2.24) is 0 Å². The molecule has 0 aliphatic carbocycles. The highest BCUT2D eigenvalue weighted by Gasteiger charge is 2.54. The van der Waals surface area contributed by atoms with Gasteiger partial charge in [-0.15, -0.1) is 0 Å². The van der Waals surface area contributed by atoms with E-state index in [-0.39, 0.29) is 6.71 Å². The molecule has 5 heteroatoms. The van der Waals surface area contributed by atoms with Crippen molar-refractivity contribution in [2.24, 2.45) is 0 Å². The standard InChI is InChI=1S/C54H37BN2SSi/c1-5-19-38(20-6-1)39-33-35-41(36-34-39)56-47-30-16-17-31-49(47)58-54-48(56)37-51-52-53(54)57(40-21-7-2-8-22-40)46-29-15-13-27-44(46)55(52)45-28-14-18-32-50(45)59(51,42-23-9-3-10-24-42)43-25-11-4-12-26-43/h1-37H. The van der Waals surface area contributed by atoms with E-state index in [1.54, 1.807) is 0 Å². The Hall–Kier alpha value is -6.79. The molecule has 0 spiro atoms. The van der Waals surface area contributed by atoms with Gasteiger partial charge in [0.05, 0.1) is 22.0 Å². The summed E-state index contributed by atoms with van der Waals surface area (Å²) in [6, 6.07) is 84.0. The molecule has 0 bridgehead atoms. The van der Waals surface area contributed by atoms with Crippen molar-refractivity contribution >= 4 is 97.8 Å². The van der Waals surface area contributed by atoms with E-state index >= 15 is 0 Å². The fourth-order valence-electron chi connectivity index (χ4n) is 10.2. The molecule has 0 fully saturated rings. The van der Waals surface area contributed by atoms with E-state index in [0.717, 1.165) is 11.4 Å². The van der Waals surface area contributed by atoms with Crippen LogP contribution in [0.15, 0.2) is 234 Å². The Morgan fingerprint density at radius 3 is 1.61 bits per heavy atom. The van der Waals surface area contributed by atoms with Crippen LogP contribution in [0.25, 0.3) is 11.1 Å². The van der Waals surface area contributed by atoms with Gasteiger partial charge in [0, 0.05) is 22.0 Å². The van der Waals surface area contributed by atoms with Crippen LogP contribution in [0.3, 0.4) is 0 Å². The maximum absolute atomic E-state index is 2.98. The Bertz CT molecular complexity index is 2990. The van der Waals surface area contributed by atoms with Gasteiger partial charge in [0.25, 0.3) is 0 Å². The predicted molar refractivity (Wildman–Crippen MR) is 254 cm³/mol. The molecule has 0 radical (unpaired) electrons. The highest BCUT2D eigenvalue weighted by Crippen LogP contribution is 2.56. The van der Waals surface area contributed by atoms with Crippen molar-refractivity contribution in [2.45, 2.75) is 9.79 Å². The van der Waals surface area contributed by atoms with Crippen molar-refractivity contribution in [3.05, 3.63) is 224 Å². The molecule has 0 saturated carbocycles. The van der Waals surface area contributed by atoms with Crippen LogP contribution in [0.4, 0.5) is 34.1 Å². The second-order valence-corrected chi connectivity index (χ2v) is 20.4. The Balaban J connectivity index is 1.25. The Morgan fingerprint density at radius 2 is 0.915 bits per heavy atom. The first-order valence-electron chi connectivity index (χ1n) is 20.4. The second kappa shape index (κ2) is 13.7. The fraction of sp³-hybridized carbons (Fsp3) is 0. The Kier molecular flexibility index (Phi) is 7.94. The molecule has 3 heterocycles. The Labute approximate surface area is 351 Å². The van der Waals surface area contributed by atoms with Gasteiger partial charge in [0.2, 0.25) is 6.71 Å². The molecular formula is C54H37BN2SSi. The summed E-state index contributed by atoms with van der Waals surface area (Å²) < 4.78 is 0. The first kappa shape index (κ1) is 34.3. The minimum Gasteiger partial charge on any atom is -0.310 e. The maximum atomic E-state index is 2.63. The lowest BCUT2D eigenvalue weighted by molar-refractivity contribution is 1.15. The van der Waals surface area contributed by atoms with Gasteiger partial charge in [-0.3, -0.25) is 0 Å². The van der Waals surface area contributed by atoms with Crippen molar-refractivity contribution < 1.29 is 0 Å². The van der Waals surface area contributed by atoms with Crippen molar-refractivity contribution in [3.8, 4) is 11.1 Å². The van der Waals surface area contributed by atoms with Crippen LogP contribution >= 0.6 is 11.8 Å². The number of anilines is 6. The molecule has 0 amide bonds. The molecule has 0 aromatic heterocycles. The van der Waals surface area contributed by atoms with E-state index in [1.165, 1.54) is 80.8 Å². The van der Waals surface area contributed by atoms with Crippen LogP contribution in [-0.4, -0.2) is 14.8 Å². The average molecular weight is 785 g/mol. The highest BCUT2D eigenvalue weighted by atomic mass is 32.2. The van der Waals surface area contributed by atoms with Crippen LogP contribution in [0.2, 0.25) is 0 Å². The normalized spacial score (nSPS) is 14.1. The summed E-state index contributed by atoms with van der Waals surface area (Å²) in [4.78, 5) is 7.66. The number of benzene rings is 9. The lowest BCUT2D eigenvalue weighted by atomic mass is 9.34. The number of hydrogen-bond donors (Lipinski definition) is 0. The van der Waals surface area contributed by atoms with E-state index in [2.05, 4.69) is 234 Å². The summed E-state index contributed by atoms with van der Waals surface area (Å²) in [6.45, 7) is 0.0575. The second-order valence-electron chi connectivity index (χ2n) is 15.6. The zero-order valence-electron chi connectivity index (χ0n) is 32.2. The van der Waals surface area contributed by atoms with Crippen LogP contribution in [0.1, 0.15) is 0 Å². The third kappa shape index (κ3) is 5.08. The molecule has 3 aliphatic rings. The SMILES string of the molecule is c1ccc(-c2ccc(N3c4ccccc4Sc4c3cc3c5c4N(c4ccccc4)c4ccccc4B5c4ccccc4[Si]3(c3ccccc3)c3ccccc3)cc2)cc1. The van der Waals surface area contributed by atoms with E-state index < -0.39 is 8.07 Å². The molecule has 0 saturated heterocycles. The predicted octanol–water partition coefficient (Wildman–Crippen LogP) is 9.28. The number of nitrogens with zero attached hydrogens (tertiary/aromatic N) is 2. The number of para-hydroxylation sites is 3. The first-order chi connectivity index (χ1) is 29.3. The summed E-state index contributed by atoms with van der Waals surface area (Å²) in [5.74, 6) is 0. The molecule has 12 rings (SSSR count). The van der Waals surface area contributed by atoms with Crippen LogP contribution in [0.5, 0.6) is 0 Å². The van der Waals surface area contributed by atoms with E-state index in [9.17, 15) is 0 Å². The van der Waals surface area contributed by atoms with Crippen molar-refractivity contribution in [1.29, 1.82) is 0 Å². The smallest absolute Gasteiger partial charge is 0.246 e. The molecule has 3 aliphatic heterocycles. The molecule has 9 aromatic rings. The molecule has 276 valence electrons. The Morgan fingerprint density at radius 1 is 0.390 bits per heavy atom. The van der Waals surface area contributed by atoms with Gasteiger partial charge in [-0.2, -0.15) is 0 Å². The van der Waals surface area contributed by atoms with Gasteiger partial charge >= 0.3 is 0 Å². The van der Waals surface area contributed by atoms with Crippen molar-refractivity contribution in [2.75, 3.05) is 9.80 Å². The number of fused-ring (bicyclic) bond motifs is 7. The zero-order chi connectivity index (χ0) is 38.9. The van der Waals surface area contributed by atoms with Gasteiger partial charge in [-0.25, -0.2) is 0 Å². The summed E-state index contributed by atoms with van der Waals surface area (Å²) in [7, 11) is -2.98. The molecule has 9 aromatic carbocycles. The third-order valence-electron chi connectivity index (χ3n) is 12.6. The third-order valence-corrected chi connectivity index (χ3v) is 18.6. The van der Waals surface area contributed by atoms with Crippen molar-refractivity contribution in [3.63, 3.8) is 0 Å². The van der Waals surface area contributed by atoms with E-state index in [0.29, 0.717) is 0 Å². The molecule has 59 heavy (non-hydrogen) atoms. The number of rotatable bonds is 5. The van der Waals surface area contributed by atoms with Gasteiger partial charge in [0.15, 0.2) is 8.07 Å². The maximum Gasteiger partial charge on any atom is 0.246 e. The summed E-state index contributed by atoms with van der Waals surface area (Å²) >= 11 is 1.92. The summed E-state index contributed by atoms with van der Waals surface area (Å²) in [6.07, 6.45) is 0. The average Bonchev–Trinajstić information content (AvgIpc) is 3.32. The quantitative estimate of drug-likeness (QED) is 0.161. The minimum absolute atomic E-state index is 0.0575. The molecule has 0 unspecified atom stereocenters. The topological polar surface area (TPSA) is 6.48 Å². The first-order valence-corrected chi connectivity index (χ1v) is 23.2. The van der Waals surface area contributed by atoms with Gasteiger partial charge in [-0.1, -0.05) is 193 Å². The molecule has 2 nitrogen and oxygen atoms in total. The van der Waals surface area contributed by atoms with Gasteiger partial charge in [0.1, 0.15) is 0 Å². The summed E-state index contributed by atoms with van der Waals surface area (Å²) in [5, 5.41) is 5.71. The molecule has 0 N–H and O–H groups in total.